The van der Waals surface area contributed by atoms with Crippen LogP contribution in [0.1, 0.15) is 99.3 Å². The van der Waals surface area contributed by atoms with Gasteiger partial charge in [-0.15, -0.1) is 0 Å². The minimum atomic E-state index is -2.21. The molecule has 40 atom stereocenters. The van der Waals surface area contributed by atoms with Gasteiger partial charge in [0.15, 0.2) is 43.5 Å². The molecule has 0 aromatic carbocycles. The average molecular weight is 1330 g/mol. The summed E-state index contributed by atoms with van der Waals surface area (Å²) in [5.74, 6) is 2.22. The molecule has 16 N–H and O–H groups in total. The van der Waals surface area contributed by atoms with Crippen molar-refractivity contribution in [2.75, 3.05) is 33.0 Å². The van der Waals surface area contributed by atoms with Gasteiger partial charge in [-0.05, 0) is 106 Å². The molecule has 12 aliphatic rings. The largest absolute Gasteiger partial charge is 0.394 e. The van der Waals surface area contributed by atoms with Crippen LogP contribution in [0.2, 0.25) is 0 Å². The summed E-state index contributed by atoms with van der Waals surface area (Å²) in [4.78, 5) is 0. The summed E-state index contributed by atoms with van der Waals surface area (Å²) in [5.41, 5.74) is 1.31. The average Bonchev–Trinajstić information content (AvgIpc) is 1.50. The van der Waals surface area contributed by atoms with E-state index in [0.717, 1.165) is 51.6 Å². The lowest BCUT2D eigenvalue weighted by molar-refractivity contribution is -0.409. The van der Waals surface area contributed by atoms with E-state index < -0.39 is 216 Å². The standard InChI is InChI=1S/C62H100O30/c1-22-9-14-62(80-20-22)23(2)36-32(92-62)16-30-28-8-7-26-15-27(10-12-60(26,5)29(28)11-13-61(30,36)6)83-57-47(77)42(72)51(35(19-65)85-57)89-59-53(52(39(69)33(17-63)84-59)90-54-44(74)38(68)31(66)21-79-54)91-58-48(78)43(73)50(34(18-64)86-58)88-56-46(76)41(71)49(25(4)82-56)87-55-45(75)40(70)37(67)24(3)81-55/h7,22-25,27-59,63-78H,8-21H2,1-6H3/t22?,23-,24?,25?,27?,28+,29-,30-,31?,32?,33?,34?,35?,36?,37?,38?,39?,40?,41?,42?,43?,44?,45?,46?,47?,48?,49?,50?,51?,52?,53?,54?,55?,56?,57?,58?,59?,60?,61?,62+/m0/s1. The van der Waals surface area contributed by atoms with E-state index in [4.69, 9.17) is 66.3 Å². The maximum atomic E-state index is 12.0. The maximum Gasteiger partial charge on any atom is 0.187 e. The van der Waals surface area contributed by atoms with Crippen LogP contribution in [0.25, 0.3) is 0 Å². The Kier molecular flexibility index (Phi) is 21.1. The summed E-state index contributed by atoms with van der Waals surface area (Å²) in [6.07, 6.45) is -40.9. The fourth-order valence-electron chi connectivity index (χ4n) is 18.2. The Labute approximate surface area is 533 Å². The van der Waals surface area contributed by atoms with Crippen LogP contribution in [0, 0.1) is 46.3 Å². The Morgan fingerprint density at radius 2 is 1.02 bits per heavy atom. The van der Waals surface area contributed by atoms with Crippen LogP contribution in [0.5, 0.6) is 0 Å². The second-order valence-electron chi connectivity index (χ2n) is 29.0. The molecule has 4 aliphatic carbocycles. The molecular formula is C62H100O30. The highest BCUT2D eigenvalue weighted by molar-refractivity contribution is 5.27. The van der Waals surface area contributed by atoms with Crippen LogP contribution in [0.3, 0.4) is 0 Å². The number of allylic oxidation sites excluding steroid dienone is 1. The van der Waals surface area contributed by atoms with Crippen molar-refractivity contribution in [1.82, 2.24) is 0 Å². The summed E-state index contributed by atoms with van der Waals surface area (Å²) in [5, 5.41) is 177. The molecule has 1 spiro atoms. The topological polar surface area (TPSA) is 453 Å². The van der Waals surface area contributed by atoms with Gasteiger partial charge in [-0.1, -0.05) is 39.3 Å². The van der Waals surface area contributed by atoms with Gasteiger partial charge in [0.05, 0.1) is 57.5 Å². The van der Waals surface area contributed by atoms with Gasteiger partial charge in [-0.25, -0.2) is 0 Å². The van der Waals surface area contributed by atoms with Crippen molar-refractivity contribution in [3.8, 4) is 0 Å². The number of fused-ring (bicyclic) bond motifs is 7. The lowest BCUT2D eigenvalue weighted by Gasteiger charge is -2.58. The van der Waals surface area contributed by atoms with E-state index in [1.807, 2.05) is 0 Å². The molecule has 0 amide bonds. The number of aliphatic hydroxyl groups excluding tert-OH is 16. The number of aliphatic hydroxyl groups is 16. The van der Waals surface area contributed by atoms with E-state index in [0.29, 0.717) is 48.3 Å². The summed E-state index contributed by atoms with van der Waals surface area (Å²) in [7, 11) is 0. The van der Waals surface area contributed by atoms with Gasteiger partial charge in [-0.2, -0.15) is 0 Å². The van der Waals surface area contributed by atoms with Crippen molar-refractivity contribution < 1.29 is 148 Å². The van der Waals surface area contributed by atoms with Gasteiger partial charge in [0.2, 0.25) is 0 Å². The molecule has 0 aromatic rings. The predicted molar refractivity (Wildman–Crippen MR) is 305 cm³/mol. The molecule has 0 bridgehead atoms. The molecule has 35 unspecified atom stereocenters. The van der Waals surface area contributed by atoms with Crippen molar-refractivity contribution in [2.24, 2.45) is 46.3 Å². The van der Waals surface area contributed by atoms with Gasteiger partial charge in [-0.3, -0.25) is 0 Å². The van der Waals surface area contributed by atoms with E-state index in [-0.39, 0.29) is 16.9 Å². The molecule has 3 saturated carbocycles. The molecule has 8 heterocycles. The number of rotatable bonds is 15. The quantitative estimate of drug-likeness (QED) is 0.0686. The van der Waals surface area contributed by atoms with Crippen molar-refractivity contribution >= 4 is 0 Å². The number of hydrogen-bond donors (Lipinski definition) is 16. The first kappa shape index (κ1) is 70.4. The Morgan fingerprint density at radius 1 is 0.478 bits per heavy atom. The maximum absolute atomic E-state index is 12.0. The minimum Gasteiger partial charge on any atom is -0.394 e. The van der Waals surface area contributed by atoms with Gasteiger partial charge >= 0.3 is 0 Å². The molecule has 0 radical (unpaired) electrons. The van der Waals surface area contributed by atoms with Gasteiger partial charge < -0.3 is 148 Å². The Hall–Kier alpha value is -1.46. The molecule has 528 valence electrons. The SMILES string of the molecule is CC1CC[C@@]2(OC1)OC1C[C@H]3[C@@H]4CC=C5CC(OC6OC(CO)C(OC7OC(CO)C(O)C(OC8OCC(O)C(O)C8O)C7OC7OC(CO)C(OC8OC(C)C(OC9OC(C)C(O)C(O)C9O)C(O)C8O)C(O)C7O)C(O)C6O)CCC5(C)[C@H]4CCC3(C)C1[C@@H]2C. The first-order valence-corrected chi connectivity index (χ1v) is 33.2. The summed E-state index contributed by atoms with van der Waals surface area (Å²) in [6.45, 7) is 9.61. The van der Waals surface area contributed by atoms with Crippen LogP contribution >= 0.6 is 0 Å². The highest BCUT2D eigenvalue weighted by atomic mass is 16.8. The van der Waals surface area contributed by atoms with E-state index in [1.54, 1.807) is 0 Å². The zero-order valence-electron chi connectivity index (χ0n) is 52.7. The van der Waals surface area contributed by atoms with Crippen molar-refractivity contribution in [3.05, 3.63) is 11.6 Å². The van der Waals surface area contributed by atoms with Crippen molar-refractivity contribution in [1.29, 1.82) is 0 Å². The second kappa shape index (κ2) is 27.6. The number of ether oxygens (including phenoxy) is 14. The Bertz CT molecular complexity index is 2490. The molecule has 30 heteroatoms. The van der Waals surface area contributed by atoms with Crippen LogP contribution in [-0.4, -0.2) is 311 Å². The normalized spacial score (nSPS) is 57.1. The zero-order valence-corrected chi connectivity index (χ0v) is 52.7. The lowest BCUT2D eigenvalue weighted by Crippen LogP contribution is -2.69. The Balaban J connectivity index is 0.723. The van der Waals surface area contributed by atoms with Crippen LogP contribution < -0.4 is 0 Å². The second-order valence-corrected chi connectivity index (χ2v) is 29.0. The molecular weight excluding hydrogens is 1220 g/mol. The molecule has 0 aromatic heterocycles. The summed E-state index contributed by atoms with van der Waals surface area (Å²) < 4.78 is 85.5. The first-order chi connectivity index (χ1) is 43.7. The minimum absolute atomic E-state index is 0.0975. The molecule has 92 heavy (non-hydrogen) atoms. The van der Waals surface area contributed by atoms with Gasteiger partial charge in [0.25, 0.3) is 0 Å². The number of hydrogen-bond acceptors (Lipinski definition) is 30. The van der Waals surface area contributed by atoms with E-state index in [1.165, 1.54) is 19.4 Å². The third-order valence-electron chi connectivity index (χ3n) is 23.6. The lowest BCUT2D eigenvalue weighted by atomic mass is 9.47. The molecule has 8 saturated heterocycles. The molecule has 11 fully saturated rings. The van der Waals surface area contributed by atoms with Crippen LogP contribution in [0.4, 0.5) is 0 Å². The third-order valence-corrected chi connectivity index (χ3v) is 23.6. The molecule has 8 aliphatic heterocycles. The van der Waals surface area contributed by atoms with E-state index in [9.17, 15) is 81.7 Å². The summed E-state index contributed by atoms with van der Waals surface area (Å²) in [6, 6.07) is 0. The zero-order chi connectivity index (χ0) is 65.9. The van der Waals surface area contributed by atoms with Gasteiger partial charge in [0.1, 0.15) is 128 Å². The highest BCUT2D eigenvalue weighted by Gasteiger charge is 2.69. The van der Waals surface area contributed by atoms with Gasteiger partial charge in [0, 0.05) is 12.3 Å². The van der Waals surface area contributed by atoms with E-state index >= 15 is 0 Å². The third kappa shape index (κ3) is 12.4. The fourth-order valence-corrected chi connectivity index (χ4v) is 18.2. The smallest absolute Gasteiger partial charge is 0.187 e. The molecule has 12 rings (SSSR count). The fraction of sp³-hybridized carbons (Fsp3) is 0.968. The highest BCUT2D eigenvalue weighted by Crippen LogP contribution is 2.71. The van der Waals surface area contributed by atoms with Crippen molar-refractivity contribution in [3.63, 3.8) is 0 Å². The Morgan fingerprint density at radius 3 is 1.65 bits per heavy atom. The predicted octanol–water partition coefficient (Wildman–Crippen LogP) is -4.65. The van der Waals surface area contributed by atoms with E-state index in [2.05, 4.69) is 33.8 Å². The molecule has 30 nitrogen and oxygen atoms in total. The summed E-state index contributed by atoms with van der Waals surface area (Å²) >= 11 is 0. The monoisotopic (exact) mass is 1320 g/mol. The first-order valence-electron chi connectivity index (χ1n) is 33.2. The van der Waals surface area contributed by atoms with Crippen LogP contribution in [-0.2, 0) is 66.3 Å². The van der Waals surface area contributed by atoms with Crippen molar-refractivity contribution in [2.45, 2.75) is 295 Å². The van der Waals surface area contributed by atoms with Crippen LogP contribution in [0.15, 0.2) is 11.6 Å².